The summed E-state index contributed by atoms with van der Waals surface area (Å²) >= 11 is 0. The van der Waals surface area contributed by atoms with Crippen molar-refractivity contribution in [2.75, 3.05) is 24.4 Å². The zero-order valence-corrected chi connectivity index (χ0v) is 16.3. The van der Waals surface area contributed by atoms with Crippen LogP contribution in [0.4, 0.5) is 5.69 Å². The topological polar surface area (TPSA) is 140 Å². The van der Waals surface area contributed by atoms with Crippen molar-refractivity contribution in [1.82, 2.24) is 15.1 Å². The van der Waals surface area contributed by atoms with Gasteiger partial charge in [-0.1, -0.05) is 6.07 Å². The predicted molar refractivity (Wildman–Crippen MR) is 106 cm³/mol. The van der Waals surface area contributed by atoms with Crippen LogP contribution in [0, 0.1) is 5.92 Å². The summed E-state index contributed by atoms with van der Waals surface area (Å²) in [4.78, 5) is 14.4. The second kappa shape index (κ2) is 7.66. The summed E-state index contributed by atoms with van der Waals surface area (Å²) in [5.74, 6) is 0.400. The van der Waals surface area contributed by atoms with Gasteiger partial charge in [-0.3, -0.25) is 9.52 Å². The van der Waals surface area contributed by atoms with E-state index in [2.05, 4.69) is 19.3 Å². The number of amidine groups is 1. The van der Waals surface area contributed by atoms with Gasteiger partial charge in [-0.05, 0) is 31.0 Å². The monoisotopic (exact) mass is 416 g/mol. The first kappa shape index (κ1) is 19.1. The molecule has 0 spiro atoms. The molecule has 1 atom stereocenters. The van der Waals surface area contributed by atoms with Crippen molar-refractivity contribution in [2.24, 2.45) is 16.0 Å². The van der Waals surface area contributed by atoms with E-state index in [9.17, 15) is 13.2 Å². The van der Waals surface area contributed by atoms with Crippen molar-refractivity contribution >= 4 is 27.6 Å². The minimum atomic E-state index is -3.84. The summed E-state index contributed by atoms with van der Waals surface area (Å²) in [5, 5.41) is 7.46. The average molecular weight is 416 g/mol. The molecule has 0 unspecified atom stereocenters. The van der Waals surface area contributed by atoms with Crippen LogP contribution in [-0.2, 0) is 10.2 Å². The predicted octanol–water partition coefficient (Wildman–Crippen LogP) is 0.783. The van der Waals surface area contributed by atoms with Gasteiger partial charge in [0.05, 0.1) is 35.8 Å². The first-order chi connectivity index (χ1) is 13.9. The summed E-state index contributed by atoms with van der Waals surface area (Å²) < 4.78 is 35.2. The maximum atomic E-state index is 12.6. The van der Waals surface area contributed by atoms with Crippen LogP contribution in [0.2, 0.25) is 0 Å². The third kappa shape index (κ3) is 4.14. The number of carbonyl (C=O) groups excluding carboxylic acids is 1. The molecular weight excluding hydrogens is 396 g/mol. The number of benzene rings is 1. The number of likely N-dealkylation sites (tertiary alicyclic amines) is 1. The van der Waals surface area contributed by atoms with Crippen LogP contribution in [-0.4, -0.2) is 55.0 Å². The second-order valence-electron chi connectivity index (χ2n) is 6.93. The Hall–Kier alpha value is -3.21. The zero-order chi connectivity index (χ0) is 20.4. The van der Waals surface area contributed by atoms with Crippen molar-refractivity contribution < 1.29 is 17.9 Å². The number of nitrogens with zero attached hydrogens (tertiary/aromatic N) is 4. The summed E-state index contributed by atoms with van der Waals surface area (Å²) in [6.07, 6.45) is 4.75. The fraction of sp³-hybridized carbons (Fsp3) is 0.333. The van der Waals surface area contributed by atoms with E-state index in [1.807, 2.05) is 0 Å². The smallest absolute Gasteiger partial charge is 0.344 e. The summed E-state index contributed by atoms with van der Waals surface area (Å²) in [7, 11) is -3.84. The van der Waals surface area contributed by atoms with E-state index in [0.29, 0.717) is 42.3 Å². The number of hydrogen-bond donors (Lipinski definition) is 2. The van der Waals surface area contributed by atoms with E-state index in [-0.39, 0.29) is 17.7 Å². The van der Waals surface area contributed by atoms with Crippen LogP contribution in [0.1, 0.15) is 28.8 Å². The minimum Gasteiger partial charge on any atom is -0.492 e. The van der Waals surface area contributed by atoms with Crippen molar-refractivity contribution in [3.05, 3.63) is 47.8 Å². The molecular formula is C18H20N6O4S. The molecule has 0 bridgehead atoms. The van der Waals surface area contributed by atoms with Crippen molar-refractivity contribution in [1.29, 1.82) is 0 Å². The molecule has 1 aromatic carbocycles. The third-order valence-corrected chi connectivity index (χ3v) is 5.77. The van der Waals surface area contributed by atoms with Gasteiger partial charge in [-0.15, -0.1) is 4.40 Å². The Balaban J connectivity index is 1.44. The number of anilines is 1. The van der Waals surface area contributed by atoms with E-state index in [1.165, 1.54) is 12.4 Å². The Bertz CT molecular complexity index is 1060. The molecule has 4 rings (SSSR count). The van der Waals surface area contributed by atoms with Gasteiger partial charge in [0, 0.05) is 19.0 Å². The summed E-state index contributed by atoms with van der Waals surface area (Å²) in [5.41, 5.74) is 7.11. The molecule has 1 aromatic heterocycles. The van der Waals surface area contributed by atoms with Crippen molar-refractivity contribution in [3.63, 3.8) is 0 Å². The van der Waals surface area contributed by atoms with E-state index in [4.69, 9.17) is 10.5 Å². The van der Waals surface area contributed by atoms with Gasteiger partial charge in [-0.25, -0.2) is 0 Å². The molecule has 2 aromatic rings. The number of nitrogens with two attached hydrogens (primary N) is 1. The van der Waals surface area contributed by atoms with Gasteiger partial charge in [0.1, 0.15) is 5.75 Å². The molecule has 3 heterocycles. The van der Waals surface area contributed by atoms with Crippen LogP contribution >= 0.6 is 0 Å². The highest BCUT2D eigenvalue weighted by atomic mass is 32.2. The molecule has 2 aliphatic rings. The van der Waals surface area contributed by atoms with Crippen LogP contribution in [0.5, 0.6) is 5.75 Å². The first-order valence-corrected chi connectivity index (χ1v) is 10.6. The Morgan fingerprint density at radius 2 is 2.17 bits per heavy atom. The van der Waals surface area contributed by atoms with E-state index >= 15 is 0 Å². The van der Waals surface area contributed by atoms with Crippen molar-refractivity contribution in [2.45, 2.75) is 12.8 Å². The molecule has 10 nitrogen and oxygen atoms in total. The van der Waals surface area contributed by atoms with Gasteiger partial charge >= 0.3 is 10.2 Å². The van der Waals surface area contributed by atoms with Gasteiger partial charge < -0.3 is 15.4 Å². The Morgan fingerprint density at radius 1 is 1.31 bits per heavy atom. The minimum absolute atomic E-state index is 0.0764. The van der Waals surface area contributed by atoms with Gasteiger partial charge in [-0.2, -0.15) is 18.6 Å². The van der Waals surface area contributed by atoms with Gasteiger partial charge in [0.15, 0.2) is 5.84 Å². The van der Waals surface area contributed by atoms with E-state index < -0.39 is 10.2 Å². The summed E-state index contributed by atoms with van der Waals surface area (Å²) in [6.45, 7) is 1.61. The molecule has 29 heavy (non-hydrogen) atoms. The molecule has 152 valence electrons. The van der Waals surface area contributed by atoms with Crippen LogP contribution in [0.15, 0.2) is 41.1 Å². The number of ether oxygens (including phenoxy) is 1. The number of carbonyl (C=O) groups is 1. The highest BCUT2D eigenvalue weighted by Crippen LogP contribution is 2.31. The molecule has 0 radical (unpaired) electrons. The number of aromatic nitrogens is 2. The quantitative estimate of drug-likeness (QED) is 0.750. The van der Waals surface area contributed by atoms with E-state index in [0.717, 1.165) is 12.8 Å². The maximum Gasteiger partial charge on any atom is 0.344 e. The fourth-order valence-electron chi connectivity index (χ4n) is 3.53. The van der Waals surface area contributed by atoms with Crippen molar-refractivity contribution in [3.8, 4) is 5.75 Å². The van der Waals surface area contributed by atoms with Gasteiger partial charge in [0.2, 0.25) is 0 Å². The third-order valence-electron chi connectivity index (χ3n) is 4.85. The normalized spacial score (nSPS) is 20.2. The first-order valence-electron chi connectivity index (χ1n) is 9.13. The lowest BCUT2D eigenvalue weighted by Crippen LogP contribution is -2.41. The second-order valence-corrected chi connectivity index (χ2v) is 8.27. The largest absolute Gasteiger partial charge is 0.492 e. The Kier molecular flexibility index (Phi) is 5.05. The van der Waals surface area contributed by atoms with Crippen LogP contribution < -0.4 is 15.2 Å². The fourth-order valence-corrected chi connectivity index (χ4v) is 4.37. The molecule has 1 amide bonds. The molecule has 1 saturated heterocycles. The lowest BCUT2D eigenvalue weighted by molar-refractivity contribution is 0.0632. The maximum absolute atomic E-state index is 12.6. The molecule has 1 fully saturated rings. The number of piperidine rings is 1. The Labute approximate surface area is 168 Å². The highest BCUT2D eigenvalue weighted by Gasteiger charge is 2.27. The Morgan fingerprint density at radius 3 is 2.97 bits per heavy atom. The lowest BCUT2D eigenvalue weighted by Gasteiger charge is -2.33. The molecule has 3 N–H and O–H groups in total. The van der Waals surface area contributed by atoms with Crippen LogP contribution in [0.3, 0.4) is 0 Å². The number of amides is 1. The zero-order valence-electron chi connectivity index (χ0n) is 15.5. The summed E-state index contributed by atoms with van der Waals surface area (Å²) in [6, 6.07) is 6.65. The highest BCUT2D eigenvalue weighted by molar-refractivity contribution is 7.91. The number of hydrogen-bond acceptors (Lipinski definition) is 7. The molecule has 0 aliphatic carbocycles. The molecule has 11 heteroatoms. The molecule has 0 saturated carbocycles. The standard InChI is InChI=1S/C18H20N6O4S/c19-17-16-14(22-29(26,27)23-17)4-1-5-15(16)28-11-12-3-2-8-24(10-12)18(25)13-6-7-20-21-9-13/h1,4-7,9,12,22H,2-3,8,10-11H2,(H2,19,23)/t12-/m0/s1. The number of rotatable bonds is 4. The number of nitrogens with one attached hydrogen (secondary N) is 1. The number of fused-ring (bicyclic) bond motifs is 1. The van der Waals surface area contributed by atoms with Gasteiger partial charge in [0.25, 0.3) is 5.91 Å². The SMILES string of the molecule is NC1=NS(=O)(=O)Nc2cccc(OC[C@H]3CCCN(C(=O)c4ccnnc4)C3)c21. The van der Waals surface area contributed by atoms with Crippen LogP contribution in [0.25, 0.3) is 0 Å². The lowest BCUT2D eigenvalue weighted by atomic mass is 9.98. The average Bonchev–Trinajstić information content (AvgIpc) is 2.71. The van der Waals surface area contributed by atoms with E-state index in [1.54, 1.807) is 29.2 Å². The molecule has 2 aliphatic heterocycles.